The summed E-state index contributed by atoms with van der Waals surface area (Å²) in [4.78, 5) is 20.7. The van der Waals surface area contributed by atoms with Crippen LogP contribution in [0.4, 0.5) is 13.2 Å². The van der Waals surface area contributed by atoms with Crippen molar-refractivity contribution in [3.05, 3.63) is 34.9 Å². The van der Waals surface area contributed by atoms with Crippen LogP contribution in [0.25, 0.3) is 0 Å². The SMILES string of the molecule is O=C(c1cnc(Cl)cn1)N1CC=C(C(F)(F)F)CC1. The fourth-order valence-corrected chi connectivity index (χ4v) is 1.79. The maximum atomic E-state index is 12.4. The number of rotatable bonds is 1. The lowest BCUT2D eigenvalue weighted by Gasteiger charge is -2.26. The van der Waals surface area contributed by atoms with Crippen molar-refractivity contribution in [1.82, 2.24) is 14.9 Å². The Balaban J connectivity index is 2.07. The number of aromatic nitrogens is 2. The minimum absolute atomic E-state index is 0.00842. The van der Waals surface area contributed by atoms with E-state index in [9.17, 15) is 18.0 Å². The van der Waals surface area contributed by atoms with Crippen molar-refractivity contribution in [3.8, 4) is 0 Å². The molecule has 0 aromatic carbocycles. The minimum Gasteiger partial charge on any atom is -0.333 e. The van der Waals surface area contributed by atoms with Crippen LogP contribution in [-0.4, -0.2) is 40.0 Å². The van der Waals surface area contributed by atoms with Crippen molar-refractivity contribution < 1.29 is 18.0 Å². The molecule has 0 saturated heterocycles. The van der Waals surface area contributed by atoms with Gasteiger partial charge in [0.2, 0.25) is 0 Å². The normalized spacial score (nSPS) is 16.2. The van der Waals surface area contributed by atoms with E-state index in [2.05, 4.69) is 9.97 Å². The summed E-state index contributed by atoms with van der Waals surface area (Å²) in [6.45, 7) is -0.0769. The highest BCUT2D eigenvalue weighted by atomic mass is 35.5. The summed E-state index contributed by atoms with van der Waals surface area (Å²) in [6.07, 6.45) is -1.10. The van der Waals surface area contributed by atoms with Crippen molar-refractivity contribution >= 4 is 17.5 Å². The van der Waals surface area contributed by atoms with Crippen LogP contribution in [0.2, 0.25) is 5.15 Å². The zero-order valence-electron chi connectivity index (χ0n) is 9.62. The second-order valence-electron chi connectivity index (χ2n) is 3.95. The lowest BCUT2D eigenvalue weighted by Crippen LogP contribution is -2.37. The summed E-state index contributed by atoms with van der Waals surface area (Å²) in [6, 6.07) is 0. The molecule has 0 atom stereocenters. The Morgan fingerprint density at radius 2 is 2.05 bits per heavy atom. The van der Waals surface area contributed by atoms with E-state index in [1.54, 1.807) is 0 Å². The molecule has 102 valence electrons. The minimum atomic E-state index is -4.32. The quantitative estimate of drug-likeness (QED) is 0.747. The zero-order valence-corrected chi connectivity index (χ0v) is 10.4. The van der Waals surface area contributed by atoms with E-state index in [0.29, 0.717) is 0 Å². The average Bonchev–Trinajstić information content (AvgIpc) is 2.38. The summed E-state index contributed by atoms with van der Waals surface area (Å²) < 4.78 is 37.3. The average molecular weight is 292 g/mol. The van der Waals surface area contributed by atoms with E-state index >= 15 is 0 Å². The van der Waals surface area contributed by atoms with Crippen molar-refractivity contribution in [3.63, 3.8) is 0 Å². The summed E-state index contributed by atoms with van der Waals surface area (Å²) in [7, 11) is 0. The van der Waals surface area contributed by atoms with Gasteiger partial charge in [-0.2, -0.15) is 13.2 Å². The Bertz CT molecular complexity index is 513. The maximum absolute atomic E-state index is 12.4. The molecule has 1 aliphatic heterocycles. The van der Waals surface area contributed by atoms with Gasteiger partial charge in [-0.1, -0.05) is 17.7 Å². The number of alkyl halides is 3. The van der Waals surface area contributed by atoms with Crippen LogP contribution in [0.15, 0.2) is 24.0 Å². The Hall–Kier alpha value is -1.63. The fourth-order valence-electron chi connectivity index (χ4n) is 1.70. The Labute approximate surface area is 111 Å². The number of carbonyl (C=O) groups excluding carboxylic acids is 1. The molecule has 8 heteroatoms. The number of hydrogen-bond donors (Lipinski definition) is 0. The van der Waals surface area contributed by atoms with Crippen LogP contribution in [-0.2, 0) is 0 Å². The summed E-state index contributed by atoms with van der Waals surface area (Å²) >= 11 is 5.54. The fraction of sp³-hybridized carbons (Fsp3) is 0.364. The van der Waals surface area contributed by atoms with E-state index in [4.69, 9.17) is 11.6 Å². The summed E-state index contributed by atoms with van der Waals surface area (Å²) in [5, 5.41) is 0.148. The highest BCUT2D eigenvalue weighted by Gasteiger charge is 2.35. The van der Waals surface area contributed by atoms with Gasteiger partial charge in [-0.05, 0) is 6.42 Å². The van der Waals surface area contributed by atoms with Gasteiger partial charge in [0.1, 0.15) is 10.8 Å². The largest absolute Gasteiger partial charge is 0.412 e. The number of amides is 1. The van der Waals surface area contributed by atoms with Crippen LogP contribution >= 0.6 is 11.6 Å². The molecule has 0 unspecified atom stereocenters. The van der Waals surface area contributed by atoms with Gasteiger partial charge in [-0.15, -0.1) is 0 Å². The highest BCUT2D eigenvalue weighted by Crippen LogP contribution is 2.30. The lowest BCUT2D eigenvalue weighted by atomic mass is 10.1. The van der Waals surface area contributed by atoms with Crippen molar-refractivity contribution in [2.75, 3.05) is 13.1 Å². The van der Waals surface area contributed by atoms with Gasteiger partial charge >= 0.3 is 6.18 Å². The third-order valence-electron chi connectivity index (χ3n) is 2.70. The van der Waals surface area contributed by atoms with E-state index in [0.717, 1.165) is 6.08 Å². The molecule has 0 bridgehead atoms. The van der Waals surface area contributed by atoms with Crippen LogP contribution in [0.3, 0.4) is 0 Å². The predicted octanol–water partition coefficient (Wildman–Crippen LogP) is 2.46. The first-order valence-corrected chi connectivity index (χ1v) is 5.79. The number of hydrogen-bond acceptors (Lipinski definition) is 3. The Kier molecular flexibility index (Phi) is 3.75. The van der Waals surface area contributed by atoms with Gasteiger partial charge in [0, 0.05) is 18.7 Å². The van der Waals surface area contributed by atoms with Gasteiger partial charge in [0.25, 0.3) is 5.91 Å². The van der Waals surface area contributed by atoms with Crippen molar-refractivity contribution in [2.45, 2.75) is 12.6 Å². The van der Waals surface area contributed by atoms with E-state index in [1.807, 2.05) is 0 Å². The third-order valence-corrected chi connectivity index (χ3v) is 2.90. The van der Waals surface area contributed by atoms with Crippen LogP contribution < -0.4 is 0 Å². The first-order valence-electron chi connectivity index (χ1n) is 5.41. The van der Waals surface area contributed by atoms with Crippen molar-refractivity contribution in [1.29, 1.82) is 0 Å². The molecule has 0 saturated carbocycles. The van der Waals surface area contributed by atoms with E-state index in [-0.39, 0.29) is 30.4 Å². The third kappa shape index (κ3) is 3.23. The first kappa shape index (κ1) is 13.8. The molecule has 0 N–H and O–H groups in total. The van der Waals surface area contributed by atoms with Gasteiger partial charge in [0.05, 0.1) is 12.4 Å². The molecule has 1 aromatic rings. The zero-order chi connectivity index (χ0) is 14.0. The van der Waals surface area contributed by atoms with E-state index < -0.39 is 17.7 Å². The molecular weight excluding hydrogens is 283 g/mol. The predicted molar refractivity (Wildman–Crippen MR) is 61.7 cm³/mol. The molecule has 1 amide bonds. The molecule has 1 aromatic heterocycles. The number of carbonyl (C=O) groups is 1. The van der Waals surface area contributed by atoms with Gasteiger partial charge in [-0.25, -0.2) is 9.97 Å². The smallest absolute Gasteiger partial charge is 0.333 e. The molecule has 2 rings (SSSR count). The topological polar surface area (TPSA) is 46.1 Å². The molecule has 19 heavy (non-hydrogen) atoms. The Morgan fingerprint density at radius 3 is 2.53 bits per heavy atom. The summed E-state index contributed by atoms with van der Waals surface area (Å²) in [5.74, 6) is -0.457. The molecule has 0 aliphatic carbocycles. The Morgan fingerprint density at radius 1 is 1.32 bits per heavy atom. The lowest BCUT2D eigenvalue weighted by molar-refractivity contribution is -0.0957. The van der Waals surface area contributed by atoms with Gasteiger partial charge < -0.3 is 4.90 Å². The van der Waals surface area contributed by atoms with E-state index in [1.165, 1.54) is 17.3 Å². The van der Waals surface area contributed by atoms with Gasteiger partial charge in [0.15, 0.2) is 0 Å². The molecule has 0 radical (unpaired) electrons. The monoisotopic (exact) mass is 291 g/mol. The molecule has 0 spiro atoms. The number of nitrogens with zero attached hydrogens (tertiary/aromatic N) is 3. The van der Waals surface area contributed by atoms with Gasteiger partial charge in [-0.3, -0.25) is 4.79 Å². The van der Waals surface area contributed by atoms with Crippen molar-refractivity contribution in [2.24, 2.45) is 0 Å². The maximum Gasteiger partial charge on any atom is 0.412 e. The summed E-state index contributed by atoms with van der Waals surface area (Å²) in [5.41, 5.74) is -0.535. The number of halogens is 4. The second-order valence-corrected chi connectivity index (χ2v) is 4.34. The molecule has 0 fully saturated rings. The second kappa shape index (κ2) is 5.16. The molecular formula is C11H9ClF3N3O. The molecule has 2 heterocycles. The van der Waals surface area contributed by atoms with Crippen LogP contribution in [0, 0.1) is 0 Å². The van der Waals surface area contributed by atoms with Crippen LogP contribution in [0.1, 0.15) is 16.9 Å². The molecule has 1 aliphatic rings. The highest BCUT2D eigenvalue weighted by molar-refractivity contribution is 6.29. The standard InChI is InChI=1S/C11H9ClF3N3O/c12-9-6-16-8(5-17-9)10(19)18-3-1-7(2-4-18)11(13,14)15/h1,5-6H,2-4H2. The van der Waals surface area contributed by atoms with Crippen LogP contribution in [0.5, 0.6) is 0 Å². The first-order chi connectivity index (χ1) is 8.88. The molecule has 4 nitrogen and oxygen atoms in total.